The lowest BCUT2D eigenvalue weighted by molar-refractivity contribution is 0.0297. The van der Waals surface area contributed by atoms with Gasteiger partial charge in [-0.15, -0.1) is 0 Å². The molecule has 1 aromatic carbocycles. The molecule has 1 amide bonds. The minimum Gasteiger partial charge on any atom is -0.393 e. The van der Waals surface area contributed by atoms with Gasteiger partial charge in [0.15, 0.2) is 0 Å². The van der Waals surface area contributed by atoms with Gasteiger partial charge in [-0.1, -0.05) is 24.8 Å². The average molecular weight is 286 g/mol. The Morgan fingerprint density at radius 3 is 2.95 bits per heavy atom. The topological polar surface area (TPSA) is 66.6 Å². The van der Waals surface area contributed by atoms with Crippen LogP contribution in [0.5, 0.6) is 0 Å². The number of nitrogens with two attached hydrogens (primary N) is 1. The second-order valence-corrected chi connectivity index (χ2v) is 5.57. The highest BCUT2D eigenvalue weighted by Gasteiger charge is 2.28. The molecule has 2 unspecified atom stereocenters. The van der Waals surface area contributed by atoms with Crippen molar-refractivity contribution in [3.63, 3.8) is 0 Å². The van der Waals surface area contributed by atoms with Crippen LogP contribution in [-0.2, 0) is 0 Å². The first-order chi connectivity index (χ1) is 10.0. The molecule has 2 rings (SSSR count). The van der Waals surface area contributed by atoms with E-state index in [0.29, 0.717) is 31.6 Å². The molecule has 0 bridgehead atoms. The lowest BCUT2D eigenvalue weighted by atomic mass is 9.95. The normalized spacial score (nSPS) is 21.6. The number of aliphatic hydroxyl groups excluding tert-OH is 1. The van der Waals surface area contributed by atoms with Crippen LogP contribution in [-0.4, -0.2) is 41.7 Å². The van der Waals surface area contributed by atoms with Gasteiger partial charge >= 0.3 is 0 Å². The summed E-state index contributed by atoms with van der Waals surface area (Å²) < 4.78 is 0. The summed E-state index contributed by atoms with van der Waals surface area (Å²) in [5, 5.41) is 9.78. The average Bonchev–Trinajstić information content (AvgIpc) is 2.48. The zero-order valence-corrected chi connectivity index (χ0v) is 12.6. The third kappa shape index (κ3) is 3.44. The number of hydrogen-bond acceptors (Lipinski definition) is 3. The number of amides is 1. The highest BCUT2D eigenvalue weighted by molar-refractivity contribution is 5.96. The van der Waals surface area contributed by atoms with Crippen LogP contribution in [0, 0.1) is 24.7 Å². The Morgan fingerprint density at radius 2 is 2.29 bits per heavy atom. The fraction of sp³-hybridized carbons (Fsp3) is 0.471. The Bertz CT molecular complexity index is 586. The van der Waals surface area contributed by atoms with E-state index in [1.54, 1.807) is 0 Å². The fourth-order valence-corrected chi connectivity index (χ4v) is 2.64. The molecule has 4 nitrogen and oxygen atoms in total. The smallest absolute Gasteiger partial charge is 0.254 e. The van der Waals surface area contributed by atoms with E-state index in [2.05, 4.69) is 11.8 Å². The number of piperidine rings is 1. The molecule has 0 aliphatic carbocycles. The summed E-state index contributed by atoms with van der Waals surface area (Å²) in [4.78, 5) is 14.5. The van der Waals surface area contributed by atoms with Crippen LogP contribution in [0.2, 0.25) is 0 Å². The van der Waals surface area contributed by atoms with Gasteiger partial charge in [0.1, 0.15) is 0 Å². The quantitative estimate of drug-likeness (QED) is 0.761. The summed E-state index contributed by atoms with van der Waals surface area (Å²) in [6, 6.07) is 5.58. The molecule has 3 N–H and O–H groups in total. The van der Waals surface area contributed by atoms with Crippen LogP contribution in [0.15, 0.2) is 18.2 Å². The minimum atomic E-state index is -0.308. The van der Waals surface area contributed by atoms with E-state index in [1.807, 2.05) is 36.9 Å². The van der Waals surface area contributed by atoms with Crippen molar-refractivity contribution in [2.75, 3.05) is 19.6 Å². The molecular formula is C17H22N2O2. The zero-order valence-electron chi connectivity index (χ0n) is 12.6. The van der Waals surface area contributed by atoms with Gasteiger partial charge < -0.3 is 15.7 Å². The van der Waals surface area contributed by atoms with E-state index in [9.17, 15) is 9.90 Å². The highest BCUT2D eigenvalue weighted by Crippen LogP contribution is 2.21. The Hall–Kier alpha value is -1.83. The second kappa shape index (κ2) is 6.75. The molecule has 2 atom stereocenters. The lowest BCUT2D eigenvalue weighted by Crippen LogP contribution is -2.45. The monoisotopic (exact) mass is 286 g/mol. The van der Waals surface area contributed by atoms with Crippen LogP contribution in [0.1, 0.15) is 34.8 Å². The summed E-state index contributed by atoms with van der Waals surface area (Å²) in [7, 11) is 0. The first kappa shape index (κ1) is 15.6. The molecule has 0 aromatic heterocycles. The number of benzene rings is 1. The molecule has 112 valence electrons. The first-order valence-electron chi connectivity index (χ1n) is 7.30. The van der Waals surface area contributed by atoms with Crippen molar-refractivity contribution in [2.24, 2.45) is 11.7 Å². The van der Waals surface area contributed by atoms with Gasteiger partial charge in [-0.3, -0.25) is 4.79 Å². The molecule has 4 heteroatoms. The van der Waals surface area contributed by atoms with E-state index < -0.39 is 0 Å². The van der Waals surface area contributed by atoms with Gasteiger partial charge in [-0.05, 0) is 37.0 Å². The van der Waals surface area contributed by atoms with Crippen LogP contribution in [0.25, 0.3) is 0 Å². The SMILES string of the molecule is Cc1c(C#CCN)cccc1C(=O)N1CCC(O)C(C)C1. The Labute approximate surface area is 125 Å². The minimum absolute atomic E-state index is 0.0163. The molecule has 1 aromatic rings. The highest BCUT2D eigenvalue weighted by atomic mass is 16.3. The number of rotatable bonds is 1. The van der Waals surface area contributed by atoms with Crippen LogP contribution in [0.4, 0.5) is 0 Å². The maximum atomic E-state index is 12.7. The fourth-order valence-electron chi connectivity index (χ4n) is 2.64. The van der Waals surface area contributed by atoms with Crippen molar-refractivity contribution < 1.29 is 9.90 Å². The molecule has 1 saturated heterocycles. The maximum Gasteiger partial charge on any atom is 0.254 e. The summed E-state index contributed by atoms with van der Waals surface area (Å²) in [6.07, 6.45) is 0.329. The van der Waals surface area contributed by atoms with Gasteiger partial charge in [0.25, 0.3) is 5.91 Å². The van der Waals surface area contributed by atoms with Crippen molar-refractivity contribution in [3.05, 3.63) is 34.9 Å². The van der Waals surface area contributed by atoms with Gasteiger partial charge in [0.05, 0.1) is 12.6 Å². The second-order valence-electron chi connectivity index (χ2n) is 5.57. The van der Waals surface area contributed by atoms with Crippen molar-refractivity contribution in [3.8, 4) is 11.8 Å². The van der Waals surface area contributed by atoms with Gasteiger partial charge in [0, 0.05) is 24.2 Å². The van der Waals surface area contributed by atoms with E-state index in [-0.39, 0.29) is 17.9 Å². The molecule has 1 fully saturated rings. The molecule has 0 spiro atoms. The summed E-state index contributed by atoms with van der Waals surface area (Å²) in [5.41, 5.74) is 7.81. The number of carbonyl (C=O) groups is 1. The Kier molecular flexibility index (Phi) is 5.00. The molecule has 1 aliphatic heterocycles. The van der Waals surface area contributed by atoms with E-state index >= 15 is 0 Å². The molecule has 0 radical (unpaired) electrons. The van der Waals surface area contributed by atoms with Crippen molar-refractivity contribution in [2.45, 2.75) is 26.4 Å². The van der Waals surface area contributed by atoms with Crippen LogP contribution >= 0.6 is 0 Å². The maximum absolute atomic E-state index is 12.7. The third-order valence-corrected chi connectivity index (χ3v) is 4.04. The summed E-state index contributed by atoms with van der Waals surface area (Å²) in [6.45, 7) is 5.38. The largest absolute Gasteiger partial charge is 0.393 e. The van der Waals surface area contributed by atoms with E-state index in [0.717, 1.165) is 11.1 Å². The molecule has 1 aliphatic rings. The van der Waals surface area contributed by atoms with Crippen molar-refractivity contribution in [1.82, 2.24) is 4.90 Å². The third-order valence-electron chi connectivity index (χ3n) is 4.04. The molecule has 21 heavy (non-hydrogen) atoms. The predicted molar refractivity (Wildman–Crippen MR) is 82.8 cm³/mol. The number of aliphatic hydroxyl groups is 1. The van der Waals surface area contributed by atoms with Crippen LogP contribution < -0.4 is 5.73 Å². The number of hydrogen-bond donors (Lipinski definition) is 2. The summed E-state index contributed by atoms with van der Waals surface area (Å²) >= 11 is 0. The van der Waals surface area contributed by atoms with Gasteiger partial charge in [-0.2, -0.15) is 0 Å². The van der Waals surface area contributed by atoms with E-state index in [1.165, 1.54) is 0 Å². The van der Waals surface area contributed by atoms with E-state index in [4.69, 9.17) is 5.73 Å². The van der Waals surface area contributed by atoms with Crippen molar-refractivity contribution >= 4 is 5.91 Å². The lowest BCUT2D eigenvalue weighted by Gasteiger charge is -2.34. The number of carbonyl (C=O) groups excluding carboxylic acids is 1. The molecular weight excluding hydrogens is 264 g/mol. The molecule has 1 heterocycles. The van der Waals surface area contributed by atoms with Gasteiger partial charge in [-0.25, -0.2) is 0 Å². The van der Waals surface area contributed by atoms with Crippen molar-refractivity contribution in [1.29, 1.82) is 0 Å². The van der Waals surface area contributed by atoms with Gasteiger partial charge in [0.2, 0.25) is 0 Å². The number of likely N-dealkylation sites (tertiary alicyclic amines) is 1. The first-order valence-corrected chi connectivity index (χ1v) is 7.30. The number of nitrogens with zero attached hydrogens (tertiary/aromatic N) is 1. The molecule has 0 saturated carbocycles. The standard InChI is InChI=1S/C17H22N2O2/c1-12-11-19(10-8-16(12)20)17(21)15-7-3-5-14(13(15)2)6-4-9-18/h3,5,7,12,16,20H,8-11,18H2,1-2H3. The Balaban J connectivity index is 2.23. The predicted octanol–water partition coefficient (Wildman–Crippen LogP) is 1.15. The zero-order chi connectivity index (χ0) is 15.4. The van der Waals surface area contributed by atoms with Crippen LogP contribution in [0.3, 0.4) is 0 Å². The summed E-state index contributed by atoms with van der Waals surface area (Å²) in [5.74, 6) is 5.96. The Morgan fingerprint density at radius 1 is 1.52 bits per heavy atom.